The van der Waals surface area contributed by atoms with Crippen LogP contribution in [0.2, 0.25) is 0 Å². The Hall–Kier alpha value is -7.16. The molecule has 0 bridgehead atoms. The van der Waals surface area contributed by atoms with Gasteiger partial charge in [-0.05, 0) is 126 Å². The van der Waals surface area contributed by atoms with Crippen LogP contribution in [0.5, 0.6) is 0 Å². The van der Waals surface area contributed by atoms with E-state index in [1.807, 2.05) is 54.6 Å². The maximum Gasteiger partial charge on any atom is 0.0617 e. The second-order valence-corrected chi connectivity index (χ2v) is 14.1. The van der Waals surface area contributed by atoms with Gasteiger partial charge in [0.15, 0.2) is 0 Å². The van der Waals surface area contributed by atoms with Crippen LogP contribution in [0.15, 0.2) is 206 Å². The van der Waals surface area contributed by atoms with Gasteiger partial charge in [-0.1, -0.05) is 169 Å². The molecule has 0 radical (unpaired) electrons. The van der Waals surface area contributed by atoms with E-state index in [1.54, 1.807) is 0 Å². The lowest BCUT2D eigenvalue weighted by Crippen LogP contribution is -1.94. The minimum absolute atomic E-state index is 0.761. The highest BCUT2D eigenvalue weighted by atomic mass is 14.9. The maximum absolute atomic E-state index is 5.81. The van der Waals surface area contributed by atoms with Crippen LogP contribution in [0.4, 0.5) is 17.1 Å². The molecule has 0 saturated carbocycles. The summed E-state index contributed by atoms with van der Waals surface area (Å²) in [6, 6.07) is 73.6. The number of nitrogens with one attached hydrogen (secondary N) is 1. The van der Waals surface area contributed by atoms with Crippen molar-refractivity contribution in [3.05, 3.63) is 212 Å². The molecule has 2 nitrogen and oxygen atoms in total. The van der Waals surface area contributed by atoms with Gasteiger partial charge in [-0.25, -0.2) is 0 Å². The van der Waals surface area contributed by atoms with Crippen molar-refractivity contribution in [2.45, 2.75) is 6.92 Å². The number of nitrogens with two attached hydrogens (primary N) is 1. The van der Waals surface area contributed by atoms with Crippen LogP contribution in [0.25, 0.3) is 76.5 Å². The van der Waals surface area contributed by atoms with Crippen LogP contribution in [0.1, 0.15) is 5.56 Å². The fourth-order valence-electron chi connectivity index (χ4n) is 7.70. The van der Waals surface area contributed by atoms with Gasteiger partial charge in [0.2, 0.25) is 0 Å². The summed E-state index contributed by atoms with van der Waals surface area (Å²) in [7, 11) is 0. The van der Waals surface area contributed by atoms with E-state index in [9.17, 15) is 0 Å². The largest absolute Gasteiger partial charge is 0.397 e. The molecular formula is C53H40N2. The van der Waals surface area contributed by atoms with E-state index in [4.69, 9.17) is 5.73 Å². The molecule has 0 aliphatic rings. The first kappa shape index (κ1) is 33.7. The Kier molecular flexibility index (Phi) is 8.99. The molecule has 0 atom stereocenters. The minimum Gasteiger partial charge on any atom is -0.397 e. The average Bonchev–Trinajstić information content (AvgIpc) is 3.24. The zero-order chi connectivity index (χ0) is 37.1. The molecule has 0 unspecified atom stereocenters. The molecule has 0 aliphatic carbocycles. The molecule has 0 aliphatic heterocycles. The Morgan fingerprint density at radius 1 is 0.345 bits per heavy atom. The first-order valence-corrected chi connectivity index (χ1v) is 18.8. The van der Waals surface area contributed by atoms with Gasteiger partial charge in [0, 0.05) is 5.69 Å². The van der Waals surface area contributed by atoms with Crippen molar-refractivity contribution in [1.82, 2.24) is 0 Å². The van der Waals surface area contributed by atoms with E-state index in [0.29, 0.717) is 0 Å². The summed E-state index contributed by atoms with van der Waals surface area (Å²) in [6.07, 6.45) is 0. The second-order valence-electron chi connectivity index (χ2n) is 14.1. The Morgan fingerprint density at radius 3 is 1.44 bits per heavy atom. The highest BCUT2D eigenvalue weighted by Gasteiger charge is 2.18. The van der Waals surface area contributed by atoms with Gasteiger partial charge >= 0.3 is 0 Å². The third kappa shape index (κ3) is 6.78. The summed E-state index contributed by atoms with van der Waals surface area (Å²) in [4.78, 5) is 0. The van der Waals surface area contributed by atoms with Gasteiger partial charge in [0.05, 0.1) is 11.4 Å². The summed E-state index contributed by atoms with van der Waals surface area (Å²) in [5.74, 6) is 0. The van der Waals surface area contributed by atoms with Gasteiger partial charge in [-0.3, -0.25) is 0 Å². The molecular weight excluding hydrogens is 665 g/mol. The average molecular weight is 705 g/mol. The maximum atomic E-state index is 5.81. The Labute approximate surface area is 322 Å². The van der Waals surface area contributed by atoms with Crippen LogP contribution in [0.3, 0.4) is 0 Å². The Bertz CT molecular complexity index is 2960. The smallest absolute Gasteiger partial charge is 0.0617 e. The van der Waals surface area contributed by atoms with Crippen molar-refractivity contribution in [2.75, 3.05) is 11.1 Å². The lowest BCUT2D eigenvalue weighted by atomic mass is 9.84. The topological polar surface area (TPSA) is 38.0 Å². The lowest BCUT2D eigenvalue weighted by molar-refractivity contribution is 1.47. The van der Waals surface area contributed by atoms with Gasteiger partial charge in [0.1, 0.15) is 0 Å². The number of rotatable bonds is 5. The first-order chi connectivity index (χ1) is 27.1. The monoisotopic (exact) mass is 704 g/mol. The summed E-state index contributed by atoms with van der Waals surface area (Å²) >= 11 is 0. The van der Waals surface area contributed by atoms with Crippen LogP contribution in [0, 0.1) is 6.92 Å². The number of hydrogen-bond acceptors (Lipinski definition) is 2. The van der Waals surface area contributed by atoms with Crippen LogP contribution in [-0.2, 0) is 0 Å². The Balaban J connectivity index is 0.000000239. The first-order valence-electron chi connectivity index (χ1n) is 18.8. The number of benzene rings is 10. The second kappa shape index (κ2) is 14.7. The molecule has 10 aromatic rings. The molecule has 0 amide bonds. The number of nitrogen functional groups attached to an aromatic ring is 1. The third-order valence-corrected chi connectivity index (χ3v) is 10.5. The predicted octanol–water partition coefficient (Wildman–Crippen LogP) is 14.6. The highest BCUT2D eigenvalue weighted by molar-refractivity contribution is 6.22. The van der Waals surface area contributed by atoms with Crippen molar-refractivity contribution < 1.29 is 0 Å². The SMILES string of the molecule is Cc1ccc(-c2ccc3c(-c4ccc5ccccc5c4)c4ccccc4c(-c4ccc5ccccc5c4)c3c2)cc1.Nc1ccccc1Nc1ccccc1. The molecule has 262 valence electrons. The number of anilines is 3. The van der Waals surface area contributed by atoms with Gasteiger partial charge in [0.25, 0.3) is 0 Å². The van der Waals surface area contributed by atoms with Gasteiger partial charge in [-0.15, -0.1) is 0 Å². The molecule has 2 heteroatoms. The number of aryl methyl sites for hydroxylation is 1. The van der Waals surface area contributed by atoms with E-state index < -0.39 is 0 Å². The Morgan fingerprint density at radius 2 is 0.818 bits per heavy atom. The van der Waals surface area contributed by atoms with Crippen LogP contribution in [-0.4, -0.2) is 0 Å². The zero-order valence-electron chi connectivity index (χ0n) is 30.7. The standard InChI is InChI=1S/C41H28.C12H12N2/c1-27-14-16-30(17-15-27)33-22-23-38-39(26-33)41(35-21-19-29-9-3-5-11-32(29)25-35)37-13-7-6-12-36(37)40(38)34-20-18-28-8-2-4-10-31(28)24-34;13-11-8-4-5-9-12(11)14-10-6-2-1-3-7-10/h2-26H,1H3;1-9,14H,13H2. The molecule has 10 aromatic carbocycles. The minimum atomic E-state index is 0.761. The molecule has 0 fully saturated rings. The number of para-hydroxylation sites is 3. The fourth-order valence-corrected chi connectivity index (χ4v) is 7.70. The molecule has 0 heterocycles. The van der Waals surface area contributed by atoms with Crippen LogP contribution >= 0.6 is 0 Å². The molecule has 0 spiro atoms. The van der Waals surface area contributed by atoms with Crippen LogP contribution < -0.4 is 11.1 Å². The summed E-state index contributed by atoms with van der Waals surface area (Å²) in [6.45, 7) is 2.14. The van der Waals surface area contributed by atoms with Crippen molar-refractivity contribution in [1.29, 1.82) is 0 Å². The summed E-state index contributed by atoms with van der Waals surface area (Å²) in [5, 5.41) is 13.4. The van der Waals surface area contributed by atoms with E-state index >= 15 is 0 Å². The summed E-state index contributed by atoms with van der Waals surface area (Å²) in [5.41, 5.74) is 17.4. The van der Waals surface area contributed by atoms with Gasteiger partial charge in [-0.2, -0.15) is 0 Å². The third-order valence-electron chi connectivity index (χ3n) is 10.5. The normalized spacial score (nSPS) is 11.1. The van der Waals surface area contributed by atoms with E-state index in [2.05, 4.69) is 164 Å². The molecule has 0 saturated heterocycles. The highest BCUT2D eigenvalue weighted by Crippen LogP contribution is 2.45. The molecule has 10 rings (SSSR count). The zero-order valence-corrected chi connectivity index (χ0v) is 30.7. The van der Waals surface area contributed by atoms with Crippen molar-refractivity contribution in [3.8, 4) is 33.4 Å². The van der Waals surface area contributed by atoms with Gasteiger partial charge < -0.3 is 11.1 Å². The van der Waals surface area contributed by atoms with Crippen molar-refractivity contribution in [3.63, 3.8) is 0 Å². The van der Waals surface area contributed by atoms with E-state index in [-0.39, 0.29) is 0 Å². The molecule has 55 heavy (non-hydrogen) atoms. The van der Waals surface area contributed by atoms with E-state index in [0.717, 1.165) is 17.1 Å². The lowest BCUT2D eigenvalue weighted by Gasteiger charge is -2.19. The molecule has 3 N–H and O–H groups in total. The molecule has 0 aromatic heterocycles. The fraction of sp³-hybridized carbons (Fsp3) is 0.0189. The number of hydrogen-bond donors (Lipinski definition) is 2. The predicted molar refractivity (Wildman–Crippen MR) is 238 cm³/mol. The number of fused-ring (bicyclic) bond motifs is 4. The summed E-state index contributed by atoms with van der Waals surface area (Å²) < 4.78 is 0. The van der Waals surface area contributed by atoms with Crippen molar-refractivity contribution in [2.24, 2.45) is 0 Å². The van der Waals surface area contributed by atoms with E-state index in [1.165, 1.54) is 82.0 Å². The van der Waals surface area contributed by atoms with Crippen molar-refractivity contribution >= 4 is 60.2 Å². The quantitative estimate of drug-likeness (QED) is 0.138.